The molecular weight excluding hydrogens is 226 g/mol. The summed E-state index contributed by atoms with van der Waals surface area (Å²) in [5, 5.41) is 5.99. The highest BCUT2D eigenvalue weighted by Crippen LogP contribution is 2.30. The van der Waals surface area contributed by atoms with Crippen LogP contribution < -0.4 is 5.73 Å². The van der Waals surface area contributed by atoms with Crippen molar-refractivity contribution in [3.63, 3.8) is 0 Å². The van der Waals surface area contributed by atoms with E-state index >= 15 is 0 Å². The van der Waals surface area contributed by atoms with Gasteiger partial charge in [0.2, 0.25) is 5.91 Å². The number of benzene rings is 1. The predicted octanol–water partition coefficient (Wildman–Crippen LogP) is 2.25. The topological polar surface area (TPSA) is 58.7 Å². The third-order valence-corrected chi connectivity index (χ3v) is 3.21. The molecule has 1 amide bonds. The van der Waals surface area contributed by atoms with Crippen LogP contribution >= 0.6 is 0 Å². The van der Waals surface area contributed by atoms with Crippen molar-refractivity contribution in [1.82, 2.24) is 5.01 Å². The molecule has 0 fully saturated rings. The fourth-order valence-electron chi connectivity index (χ4n) is 2.12. The maximum absolute atomic E-state index is 12.1. The monoisotopic (exact) mass is 245 g/mol. The summed E-state index contributed by atoms with van der Waals surface area (Å²) in [6.45, 7) is 6.46. The number of hydrogen-bond acceptors (Lipinski definition) is 3. The summed E-state index contributed by atoms with van der Waals surface area (Å²) < 4.78 is 0. The molecule has 1 aliphatic rings. The number of anilines is 1. The van der Waals surface area contributed by atoms with E-state index in [2.05, 4.69) is 5.10 Å². The number of nitrogens with zero attached hydrogens (tertiary/aromatic N) is 2. The van der Waals surface area contributed by atoms with E-state index in [1.165, 1.54) is 0 Å². The smallest absolute Gasteiger partial charge is 0.248 e. The van der Waals surface area contributed by atoms with Gasteiger partial charge in [-0.15, -0.1) is 0 Å². The molecule has 1 heterocycles. The number of carbonyl (C=O) groups excluding carboxylic acids is 1. The highest BCUT2D eigenvalue weighted by molar-refractivity contribution is 6.05. The molecule has 0 bridgehead atoms. The van der Waals surface area contributed by atoms with Gasteiger partial charge < -0.3 is 5.73 Å². The van der Waals surface area contributed by atoms with Crippen molar-refractivity contribution in [3.05, 3.63) is 29.8 Å². The van der Waals surface area contributed by atoms with Crippen LogP contribution in [0.1, 0.15) is 32.8 Å². The number of rotatable bonds is 2. The van der Waals surface area contributed by atoms with Gasteiger partial charge >= 0.3 is 0 Å². The summed E-state index contributed by atoms with van der Waals surface area (Å²) in [6, 6.07) is 7.62. The molecule has 2 N–H and O–H groups in total. The molecule has 1 aromatic rings. The Bertz CT molecular complexity index is 488. The van der Waals surface area contributed by atoms with Gasteiger partial charge in [-0.1, -0.05) is 26.0 Å². The van der Waals surface area contributed by atoms with Crippen LogP contribution in [0.15, 0.2) is 29.4 Å². The molecule has 0 saturated heterocycles. The van der Waals surface area contributed by atoms with Crippen LogP contribution in [0.4, 0.5) is 5.69 Å². The van der Waals surface area contributed by atoms with Gasteiger partial charge in [0.25, 0.3) is 0 Å². The van der Waals surface area contributed by atoms with Crippen LogP contribution in [0.3, 0.4) is 0 Å². The second-order valence-corrected chi connectivity index (χ2v) is 5.25. The van der Waals surface area contributed by atoms with E-state index in [0.717, 1.165) is 17.0 Å². The Hall–Kier alpha value is -1.84. The van der Waals surface area contributed by atoms with Crippen LogP contribution in [-0.4, -0.2) is 23.2 Å². The summed E-state index contributed by atoms with van der Waals surface area (Å²) in [4.78, 5) is 12.1. The molecule has 0 atom stereocenters. The minimum absolute atomic E-state index is 0.0872. The second-order valence-electron chi connectivity index (χ2n) is 5.25. The van der Waals surface area contributed by atoms with Crippen LogP contribution in [0.5, 0.6) is 0 Å². The Morgan fingerprint density at radius 2 is 1.94 bits per heavy atom. The number of amides is 1. The Morgan fingerprint density at radius 1 is 1.33 bits per heavy atom. The molecule has 0 unspecified atom stereocenters. The predicted molar refractivity (Wildman–Crippen MR) is 73.2 cm³/mol. The van der Waals surface area contributed by atoms with Crippen molar-refractivity contribution in [3.8, 4) is 0 Å². The lowest BCUT2D eigenvalue weighted by Gasteiger charge is -2.34. The summed E-state index contributed by atoms with van der Waals surface area (Å²) in [7, 11) is 0. The van der Waals surface area contributed by atoms with Crippen LogP contribution in [0.2, 0.25) is 0 Å². The fourth-order valence-corrected chi connectivity index (χ4v) is 2.12. The zero-order chi connectivity index (χ0) is 13.3. The van der Waals surface area contributed by atoms with Gasteiger partial charge in [-0.2, -0.15) is 5.10 Å². The van der Waals surface area contributed by atoms with Gasteiger partial charge in [0, 0.05) is 18.7 Å². The Kier molecular flexibility index (Phi) is 3.11. The molecule has 1 aliphatic heterocycles. The molecule has 0 spiro atoms. The SMILES string of the molecule is CCN1N=C(c2ccc(N)cc2)CC(C)(C)C1=O. The third kappa shape index (κ3) is 2.23. The Labute approximate surface area is 107 Å². The van der Waals surface area contributed by atoms with E-state index in [0.29, 0.717) is 13.0 Å². The van der Waals surface area contributed by atoms with Gasteiger partial charge in [0.1, 0.15) is 0 Å². The number of hydrazone groups is 1. The first-order chi connectivity index (χ1) is 8.44. The minimum atomic E-state index is -0.394. The average Bonchev–Trinajstić information content (AvgIpc) is 2.33. The normalized spacial score (nSPS) is 18.7. The molecule has 4 heteroatoms. The maximum atomic E-state index is 12.1. The van der Waals surface area contributed by atoms with Crippen molar-refractivity contribution in [2.75, 3.05) is 12.3 Å². The van der Waals surface area contributed by atoms with Crippen molar-refractivity contribution in [2.45, 2.75) is 27.2 Å². The molecule has 1 aromatic carbocycles. The lowest BCUT2D eigenvalue weighted by molar-refractivity contribution is -0.140. The first kappa shape index (κ1) is 12.6. The molecular formula is C14H19N3O. The standard InChI is InChI=1S/C14H19N3O/c1-4-17-13(18)14(2,3)9-12(16-17)10-5-7-11(15)8-6-10/h5-8H,4,9,15H2,1-3H3. The van der Waals surface area contributed by atoms with Crippen LogP contribution in [0.25, 0.3) is 0 Å². The van der Waals surface area contributed by atoms with E-state index in [4.69, 9.17) is 5.73 Å². The summed E-state index contributed by atoms with van der Waals surface area (Å²) in [6.07, 6.45) is 0.659. The van der Waals surface area contributed by atoms with E-state index in [-0.39, 0.29) is 5.91 Å². The van der Waals surface area contributed by atoms with Crippen molar-refractivity contribution < 1.29 is 4.79 Å². The van der Waals surface area contributed by atoms with Gasteiger partial charge in [-0.25, -0.2) is 5.01 Å². The highest BCUT2D eigenvalue weighted by atomic mass is 16.2. The van der Waals surface area contributed by atoms with Crippen molar-refractivity contribution >= 4 is 17.3 Å². The zero-order valence-corrected chi connectivity index (χ0v) is 11.1. The summed E-state index contributed by atoms with van der Waals surface area (Å²) in [5.74, 6) is 0.0872. The van der Waals surface area contributed by atoms with E-state index < -0.39 is 5.41 Å². The minimum Gasteiger partial charge on any atom is -0.399 e. The first-order valence-electron chi connectivity index (χ1n) is 6.19. The van der Waals surface area contributed by atoms with Crippen LogP contribution in [-0.2, 0) is 4.79 Å². The fraction of sp³-hybridized carbons (Fsp3) is 0.429. The van der Waals surface area contributed by atoms with Crippen LogP contribution in [0, 0.1) is 5.41 Å². The second kappa shape index (κ2) is 4.44. The molecule has 96 valence electrons. The molecule has 18 heavy (non-hydrogen) atoms. The summed E-state index contributed by atoms with van der Waals surface area (Å²) >= 11 is 0. The summed E-state index contributed by atoms with van der Waals surface area (Å²) in [5.41, 5.74) is 8.00. The van der Waals surface area contributed by atoms with Crippen molar-refractivity contribution in [2.24, 2.45) is 10.5 Å². The Balaban J connectivity index is 2.39. The third-order valence-electron chi connectivity index (χ3n) is 3.21. The zero-order valence-electron chi connectivity index (χ0n) is 11.1. The lowest BCUT2D eigenvalue weighted by Crippen LogP contribution is -2.43. The average molecular weight is 245 g/mol. The number of carbonyl (C=O) groups is 1. The largest absolute Gasteiger partial charge is 0.399 e. The lowest BCUT2D eigenvalue weighted by atomic mass is 9.83. The van der Waals surface area contributed by atoms with Gasteiger partial charge in [-0.3, -0.25) is 4.79 Å². The molecule has 2 rings (SSSR count). The molecule has 4 nitrogen and oxygen atoms in total. The van der Waals surface area contributed by atoms with E-state index in [1.54, 1.807) is 5.01 Å². The first-order valence-corrected chi connectivity index (χ1v) is 6.19. The molecule has 0 aromatic heterocycles. The number of hydrogen-bond donors (Lipinski definition) is 1. The highest BCUT2D eigenvalue weighted by Gasteiger charge is 2.37. The van der Waals surface area contributed by atoms with E-state index in [9.17, 15) is 4.79 Å². The molecule has 0 saturated carbocycles. The maximum Gasteiger partial charge on any atom is 0.248 e. The van der Waals surface area contributed by atoms with Gasteiger partial charge in [0.05, 0.1) is 11.1 Å². The van der Waals surface area contributed by atoms with Gasteiger partial charge in [0.15, 0.2) is 0 Å². The molecule has 0 aliphatic carbocycles. The van der Waals surface area contributed by atoms with Gasteiger partial charge in [-0.05, 0) is 24.6 Å². The number of nitrogens with two attached hydrogens (primary N) is 1. The van der Waals surface area contributed by atoms with E-state index in [1.807, 2.05) is 45.0 Å². The van der Waals surface area contributed by atoms with Crippen molar-refractivity contribution in [1.29, 1.82) is 0 Å². The Morgan fingerprint density at radius 3 is 2.50 bits per heavy atom. The quantitative estimate of drug-likeness (QED) is 0.812. The molecule has 0 radical (unpaired) electrons. The number of nitrogen functional groups attached to an aromatic ring is 1.